The molecule has 18 heavy (non-hydrogen) atoms. The molecular weight excluding hydrogens is 222 g/mol. The molecule has 2 saturated heterocycles. The molecule has 3 fully saturated rings. The highest BCUT2D eigenvalue weighted by atomic mass is 15.3. The molecule has 1 aliphatic carbocycles. The molecule has 2 bridgehead atoms. The lowest BCUT2D eigenvalue weighted by atomic mass is 9.82. The van der Waals surface area contributed by atoms with Gasteiger partial charge in [-0.25, -0.2) is 4.98 Å². The van der Waals surface area contributed by atoms with E-state index < -0.39 is 0 Å². The van der Waals surface area contributed by atoms with Crippen molar-refractivity contribution in [2.75, 3.05) is 4.90 Å². The van der Waals surface area contributed by atoms with Gasteiger partial charge in [-0.1, -0.05) is 11.1 Å². The van der Waals surface area contributed by atoms with E-state index in [2.05, 4.69) is 14.9 Å². The summed E-state index contributed by atoms with van der Waals surface area (Å²) in [4.78, 5) is 11.3. The minimum Gasteiger partial charge on any atom is -0.349 e. The normalized spacial score (nSPS) is 30.6. The van der Waals surface area contributed by atoms with Crippen LogP contribution in [0.4, 0.5) is 5.82 Å². The number of nitrogens with zero attached hydrogens (tertiary/aromatic N) is 3. The first-order valence-corrected chi connectivity index (χ1v) is 7.16. The summed E-state index contributed by atoms with van der Waals surface area (Å²) in [5, 5.41) is 0. The Morgan fingerprint density at radius 2 is 1.78 bits per heavy atom. The summed E-state index contributed by atoms with van der Waals surface area (Å²) < 4.78 is 0. The van der Waals surface area contributed by atoms with Gasteiger partial charge in [-0.2, -0.15) is 0 Å². The van der Waals surface area contributed by atoms with Crippen molar-refractivity contribution >= 4 is 5.82 Å². The van der Waals surface area contributed by atoms with Crippen LogP contribution in [0.3, 0.4) is 0 Å². The third-order valence-electron chi connectivity index (χ3n) is 4.86. The standard InChI is InChI=1S/C15H19N3/c1-2-11(3-1)12-8-13-4-5-14(9-12)18(13)15-10-16-6-7-17-15/h6-7,10,13-14H,1-5,8-9H2. The fourth-order valence-corrected chi connectivity index (χ4v) is 3.81. The minimum atomic E-state index is 0.684. The maximum Gasteiger partial charge on any atom is 0.147 e. The third-order valence-corrected chi connectivity index (χ3v) is 4.86. The number of aromatic nitrogens is 2. The van der Waals surface area contributed by atoms with E-state index in [0.29, 0.717) is 12.1 Å². The second kappa shape index (κ2) is 4.08. The third kappa shape index (κ3) is 1.57. The van der Waals surface area contributed by atoms with E-state index in [1.807, 2.05) is 12.4 Å². The lowest BCUT2D eigenvalue weighted by molar-refractivity contribution is 0.518. The van der Waals surface area contributed by atoms with Crippen molar-refractivity contribution < 1.29 is 0 Å². The fraction of sp³-hybridized carbons (Fsp3) is 0.600. The summed E-state index contributed by atoms with van der Waals surface area (Å²) in [6.07, 6.45) is 14.9. The van der Waals surface area contributed by atoms with Crippen LogP contribution in [-0.4, -0.2) is 22.1 Å². The predicted octanol–water partition coefficient (Wildman–Crippen LogP) is 3.09. The zero-order chi connectivity index (χ0) is 11.9. The summed E-state index contributed by atoms with van der Waals surface area (Å²) in [6, 6.07) is 1.37. The Hall–Kier alpha value is -1.38. The monoisotopic (exact) mass is 241 g/mol. The van der Waals surface area contributed by atoms with Crippen LogP contribution in [0.25, 0.3) is 0 Å². The van der Waals surface area contributed by atoms with E-state index in [1.165, 1.54) is 44.9 Å². The molecule has 2 atom stereocenters. The minimum absolute atomic E-state index is 0.684. The van der Waals surface area contributed by atoms with Gasteiger partial charge in [0.2, 0.25) is 0 Å². The van der Waals surface area contributed by atoms with Gasteiger partial charge in [-0.05, 0) is 44.9 Å². The Balaban J connectivity index is 1.62. The van der Waals surface area contributed by atoms with Gasteiger partial charge in [-0.15, -0.1) is 0 Å². The van der Waals surface area contributed by atoms with Crippen LogP contribution in [0.5, 0.6) is 0 Å². The Labute approximate surface area is 108 Å². The summed E-state index contributed by atoms with van der Waals surface area (Å²) >= 11 is 0. The van der Waals surface area contributed by atoms with Crippen LogP contribution in [0, 0.1) is 0 Å². The molecule has 0 radical (unpaired) electrons. The molecule has 1 aromatic rings. The molecule has 0 spiro atoms. The van der Waals surface area contributed by atoms with E-state index in [-0.39, 0.29) is 0 Å². The smallest absolute Gasteiger partial charge is 0.147 e. The Bertz CT molecular complexity index is 458. The summed E-state index contributed by atoms with van der Waals surface area (Å²) in [7, 11) is 0. The molecule has 0 aromatic carbocycles. The number of hydrogen-bond acceptors (Lipinski definition) is 3. The molecule has 3 aliphatic rings. The number of anilines is 1. The van der Waals surface area contributed by atoms with Crippen LogP contribution in [-0.2, 0) is 0 Å². The van der Waals surface area contributed by atoms with Crippen LogP contribution < -0.4 is 4.90 Å². The molecule has 94 valence electrons. The van der Waals surface area contributed by atoms with Crippen molar-refractivity contribution in [3.8, 4) is 0 Å². The van der Waals surface area contributed by atoms with Gasteiger partial charge in [0.25, 0.3) is 0 Å². The maximum atomic E-state index is 4.49. The molecular formula is C15H19N3. The molecule has 1 saturated carbocycles. The topological polar surface area (TPSA) is 29.0 Å². The van der Waals surface area contributed by atoms with Crippen LogP contribution in [0.2, 0.25) is 0 Å². The van der Waals surface area contributed by atoms with Gasteiger partial charge in [0.15, 0.2) is 0 Å². The Kier molecular flexibility index (Phi) is 2.39. The van der Waals surface area contributed by atoms with Crippen LogP contribution >= 0.6 is 0 Å². The van der Waals surface area contributed by atoms with Gasteiger partial charge in [-0.3, -0.25) is 4.98 Å². The van der Waals surface area contributed by atoms with Crippen molar-refractivity contribution in [1.29, 1.82) is 0 Å². The molecule has 2 unspecified atom stereocenters. The highest BCUT2D eigenvalue weighted by Crippen LogP contribution is 2.44. The molecule has 0 N–H and O–H groups in total. The number of rotatable bonds is 1. The zero-order valence-electron chi connectivity index (χ0n) is 10.7. The molecule has 4 rings (SSSR count). The van der Waals surface area contributed by atoms with E-state index in [9.17, 15) is 0 Å². The fourth-order valence-electron chi connectivity index (χ4n) is 3.81. The first-order valence-electron chi connectivity index (χ1n) is 7.16. The molecule has 3 heteroatoms. The van der Waals surface area contributed by atoms with Crippen molar-refractivity contribution in [2.24, 2.45) is 0 Å². The molecule has 3 heterocycles. The SMILES string of the molecule is c1cnc(N2C3CCC2CC(=C2CCC2)C3)cn1. The average molecular weight is 241 g/mol. The van der Waals surface area contributed by atoms with Crippen molar-refractivity contribution in [1.82, 2.24) is 9.97 Å². The van der Waals surface area contributed by atoms with Crippen molar-refractivity contribution in [3.05, 3.63) is 29.7 Å². The lowest BCUT2D eigenvalue weighted by Gasteiger charge is -2.39. The predicted molar refractivity (Wildman–Crippen MR) is 71.4 cm³/mol. The number of piperidine rings is 1. The molecule has 3 nitrogen and oxygen atoms in total. The van der Waals surface area contributed by atoms with Gasteiger partial charge >= 0.3 is 0 Å². The first kappa shape index (κ1) is 10.5. The van der Waals surface area contributed by atoms with Gasteiger partial charge < -0.3 is 4.90 Å². The summed E-state index contributed by atoms with van der Waals surface area (Å²) in [6.45, 7) is 0. The quantitative estimate of drug-likeness (QED) is 0.707. The van der Waals surface area contributed by atoms with E-state index in [4.69, 9.17) is 0 Å². The second-order valence-corrected chi connectivity index (χ2v) is 5.82. The molecule has 0 amide bonds. The number of allylic oxidation sites excluding steroid dienone is 1. The van der Waals surface area contributed by atoms with Crippen molar-refractivity contribution in [2.45, 2.75) is 57.0 Å². The Morgan fingerprint density at radius 1 is 1.00 bits per heavy atom. The largest absolute Gasteiger partial charge is 0.349 e. The van der Waals surface area contributed by atoms with E-state index in [0.717, 1.165) is 5.82 Å². The second-order valence-electron chi connectivity index (χ2n) is 5.82. The molecule has 2 aliphatic heterocycles. The van der Waals surface area contributed by atoms with E-state index in [1.54, 1.807) is 17.3 Å². The highest BCUT2D eigenvalue weighted by Gasteiger charge is 2.40. The molecule has 1 aromatic heterocycles. The highest BCUT2D eigenvalue weighted by molar-refractivity contribution is 5.44. The van der Waals surface area contributed by atoms with Crippen LogP contribution in [0.15, 0.2) is 29.7 Å². The Morgan fingerprint density at radius 3 is 2.33 bits per heavy atom. The lowest BCUT2D eigenvalue weighted by Crippen LogP contribution is -2.41. The first-order chi connectivity index (χ1) is 8.92. The van der Waals surface area contributed by atoms with Gasteiger partial charge in [0.1, 0.15) is 5.82 Å². The van der Waals surface area contributed by atoms with Gasteiger partial charge in [0, 0.05) is 24.5 Å². The number of fused-ring (bicyclic) bond motifs is 2. The zero-order valence-corrected chi connectivity index (χ0v) is 10.7. The van der Waals surface area contributed by atoms with Crippen molar-refractivity contribution in [3.63, 3.8) is 0 Å². The maximum absolute atomic E-state index is 4.49. The summed E-state index contributed by atoms with van der Waals surface area (Å²) in [5.74, 6) is 1.09. The summed E-state index contributed by atoms with van der Waals surface area (Å²) in [5.41, 5.74) is 3.57. The van der Waals surface area contributed by atoms with Crippen LogP contribution in [0.1, 0.15) is 44.9 Å². The number of hydrogen-bond donors (Lipinski definition) is 0. The van der Waals surface area contributed by atoms with Gasteiger partial charge in [0.05, 0.1) is 6.20 Å². The van der Waals surface area contributed by atoms with E-state index >= 15 is 0 Å². The average Bonchev–Trinajstić information content (AvgIpc) is 2.60.